The normalized spacial score (nSPS) is 21.3. The van der Waals surface area contributed by atoms with Crippen molar-refractivity contribution in [2.24, 2.45) is 0 Å². The van der Waals surface area contributed by atoms with Gasteiger partial charge in [-0.25, -0.2) is 9.48 Å². The van der Waals surface area contributed by atoms with E-state index in [0.29, 0.717) is 6.54 Å². The Bertz CT molecular complexity index is 330. The van der Waals surface area contributed by atoms with Gasteiger partial charge in [0.25, 0.3) is 0 Å². The van der Waals surface area contributed by atoms with Crippen LogP contribution in [0.15, 0.2) is 6.20 Å². The molecule has 0 saturated carbocycles. The fourth-order valence-electron chi connectivity index (χ4n) is 1.48. The van der Waals surface area contributed by atoms with Crippen molar-refractivity contribution in [2.75, 3.05) is 6.61 Å². The van der Waals surface area contributed by atoms with Crippen molar-refractivity contribution < 1.29 is 14.6 Å². The molecule has 0 amide bonds. The van der Waals surface area contributed by atoms with Crippen LogP contribution in [0.25, 0.3) is 0 Å². The van der Waals surface area contributed by atoms with Gasteiger partial charge >= 0.3 is 5.97 Å². The Morgan fingerprint density at radius 3 is 3.21 bits per heavy atom. The molecule has 0 spiro atoms. The van der Waals surface area contributed by atoms with E-state index in [-0.39, 0.29) is 11.8 Å². The number of rotatable bonds is 3. The highest BCUT2D eigenvalue weighted by atomic mass is 16.5. The van der Waals surface area contributed by atoms with Gasteiger partial charge in [-0.3, -0.25) is 0 Å². The molecule has 1 aromatic rings. The van der Waals surface area contributed by atoms with Crippen LogP contribution in [0.1, 0.15) is 23.3 Å². The second-order valence-corrected chi connectivity index (χ2v) is 3.27. The molecule has 14 heavy (non-hydrogen) atoms. The van der Waals surface area contributed by atoms with Crippen molar-refractivity contribution in [3.05, 3.63) is 11.9 Å². The smallest absolute Gasteiger partial charge is 0.358 e. The molecule has 76 valence electrons. The van der Waals surface area contributed by atoms with Crippen molar-refractivity contribution in [3.8, 4) is 0 Å². The maximum Gasteiger partial charge on any atom is 0.358 e. The van der Waals surface area contributed by atoms with Crippen molar-refractivity contribution in [2.45, 2.75) is 25.5 Å². The van der Waals surface area contributed by atoms with E-state index in [4.69, 9.17) is 9.84 Å². The fraction of sp³-hybridized carbons (Fsp3) is 0.625. The van der Waals surface area contributed by atoms with E-state index >= 15 is 0 Å². The molecule has 2 rings (SSSR count). The van der Waals surface area contributed by atoms with Gasteiger partial charge < -0.3 is 9.84 Å². The van der Waals surface area contributed by atoms with E-state index in [9.17, 15) is 4.79 Å². The van der Waals surface area contributed by atoms with Crippen LogP contribution in [-0.4, -0.2) is 38.8 Å². The molecule has 1 N–H and O–H groups in total. The van der Waals surface area contributed by atoms with Gasteiger partial charge in [0.15, 0.2) is 5.69 Å². The average molecular weight is 197 g/mol. The van der Waals surface area contributed by atoms with E-state index in [2.05, 4.69) is 10.3 Å². The third kappa shape index (κ3) is 1.90. The molecule has 1 fully saturated rings. The molecule has 6 nitrogen and oxygen atoms in total. The summed E-state index contributed by atoms with van der Waals surface area (Å²) >= 11 is 0. The van der Waals surface area contributed by atoms with E-state index in [1.54, 1.807) is 0 Å². The van der Waals surface area contributed by atoms with Gasteiger partial charge in [0, 0.05) is 6.61 Å². The number of hydrogen-bond donors (Lipinski definition) is 1. The van der Waals surface area contributed by atoms with Crippen LogP contribution in [0.2, 0.25) is 0 Å². The minimum atomic E-state index is -1.05. The molecule has 1 aliphatic rings. The summed E-state index contributed by atoms with van der Waals surface area (Å²) in [6.45, 7) is 1.37. The second-order valence-electron chi connectivity index (χ2n) is 3.27. The molecule has 2 heterocycles. The Kier molecular flexibility index (Phi) is 2.45. The van der Waals surface area contributed by atoms with Crippen molar-refractivity contribution in [3.63, 3.8) is 0 Å². The molecule has 6 heteroatoms. The van der Waals surface area contributed by atoms with Crippen LogP contribution in [0.3, 0.4) is 0 Å². The minimum absolute atomic E-state index is 0.0250. The molecule has 0 aromatic carbocycles. The summed E-state index contributed by atoms with van der Waals surface area (Å²) in [4.78, 5) is 10.5. The number of carbonyl (C=O) groups is 1. The summed E-state index contributed by atoms with van der Waals surface area (Å²) in [5.41, 5.74) is -0.0250. The van der Waals surface area contributed by atoms with Crippen LogP contribution in [0.5, 0.6) is 0 Å². The number of carboxylic acids is 1. The standard InChI is InChI=1S/C8H11N3O3/c12-8(13)7-5-11(10-9-7)4-6-2-1-3-14-6/h5-6H,1-4H2,(H,12,13)/t6-/m0/s1. The Morgan fingerprint density at radius 1 is 1.79 bits per heavy atom. The summed E-state index contributed by atoms with van der Waals surface area (Å²) in [6.07, 6.45) is 3.63. The van der Waals surface area contributed by atoms with Crippen molar-refractivity contribution in [1.82, 2.24) is 15.0 Å². The first kappa shape index (κ1) is 9.14. The first-order chi connectivity index (χ1) is 6.75. The maximum absolute atomic E-state index is 10.5. The lowest BCUT2D eigenvalue weighted by Crippen LogP contribution is -2.15. The lowest BCUT2D eigenvalue weighted by atomic mass is 10.2. The lowest BCUT2D eigenvalue weighted by Gasteiger charge is -2.07. The zero-order chi connectivity index (χ0) is 9.97. The third-order valence-electron chi connectivity index (χ3n) is 2.17. The van der Waals surface area contributed by atoms with E-state index < -0.39 is 5.97 Å². The molecule has 0 bridgehead atoms. The summed E-state index contributed by atoms with van der Waals surface area (Å²) < 4.78 is 6.90. The Morgan fingerprint density at radius 2 is 2.64 bits per heavy atom. The summed E-state index contributed by atoms with van der Waals surface area (Å²) in [5, 5.41) is 15.8. The van der Waals surface area contributed by atoms with Crippen LogP contribution in [-0.2, 0) is 11.3 Å². The third-order valence-corrected chi connectivity index (χ3v) is 2.17. The predicted octanol–water partition coefficient (Wildman–Crippen LogP) is 0.155. The molecule has 0 radical (unpaired) electrons. The molecule has 1 atom stereocenters. The molecule has 0 aliphatic carbocycles. The Labute approximate surface area is 80.5 Å². The predicted molar refractivity (Wildman–Crippen MR) is 46.0 cm³/mol. The van der Waals surface area contributed by atoms with Gasteiger partial charge in [-0.2, -0.15) is 0 Å². The van der Waals surface area contributed by atoms with Crippen LogP contribution < -0.4 is 0 Å². The SMILES string of the molecule is O=C(O)c1cn(C[C@@H]2CCCO2)nn1. The lowest BCUT2D eigenvalue weighted by molar-refractivity contribution is 0.0690. The van der Waals surface area contributed by atoms with Gasteiger partial charge in [0.05, 0.1) is 18.8 Å². The zero-order valence-electron chi connectivity index (χ0n) is 7.59. The van der Waals surface area contributed by atoms with Gasteiger partial charge in [0.1, 0.15) is 0 Å². The highest BCUT2D eigenvalue weighted by Crippen LogP contribution is 2.13. The number of aromatic nitrogens is 3. The van der Waals surface area contributed by atoms with Crippen molar-refractivity contribution in [1.29, 1.82) is 0 Å². The zero-order valence-corrected chi connectivity index (χ0v) is 7.59. The van der Waals surface area contributed by atoms with E-state index in [0.717, 1.165) is 19.4 Å². The molecule has 1 aliphatic heterocycles. The van der Waals surface area contributed by atoms with Crippen LogP contribution in [0, 0.1) is 0 Å². The van der Waals surface area contributed by atoms with Crippen LogP contribution in [0.4, 0.5) is 0 Å². The summed E-state index contributed by atoms with van der Waals surface area (Å²) in [5.74, 6) is -1.05. The monoisotopic (exact) mass is 197 g/mol. The van der Waals surface area contributed by atoms with Crippen LogP contribution >= 0.6 is 0 Å². The number of aromatic carboxylic acids is 1. The first-order valence-corrected chi connectivity index (χ1v) is 4.51. The molecular weight excluding hydrogens is 186 g/mol. The van der Waals surface area contributed by atoms with E-state index in [1.807, 2.05) is 0 Å². The minimum Gasteiger partial charge on any atom is -0.476 e. The highest BCUT2D eigenvalue weighted by Gasteiger charge is 2.17. The first-order valence-electron chi connectivity index (χ1n) is 4.51. The van der Waals surface area contributed by atoms with Gasteiger partial charge in [-0.05, 0) is 12.8 Å². The van der Waals surface area contributed by atoms with E-state index in [1.165, 1.54) is 10.9 Å². The van der Waals surface area contributed by atoms with Gasteiger partial charge in [-0.1, -0.05) is 5.21 Å². The number of ether oxygens (including phenoxy) is 1. The quantitative estimate of drug-likeness (QED) is 0.746. The van der Waals surface area contributed by atoms with Gasteiger partial charge in [-0.15, -0.1) is 5.10 Å². The number of hydrogen-bond acceptors (Lipinski definition) is 4. The fourth-order valence-corrected chi connectivity index (χ4v) is 1.48. The number of carboxylic acid groups (broad SMARTS) is 1. The highest BCUT2D eigenvalue weighted by molar-refractivity contribution is 5.84. The average Bonchev–Trinajstić information content (AvgIpc) is 2.75. The maximum atomic E-state index is 10.5. The number of nitrogens with zero attached hydrogens (tertiary/aromatic N) is 3. The molecule has 1 saturated heterocycles. The second kappa shape index (κ2) is 3.75. The molecular formula is C8H11N3O3. The topological polar surface area (TPSA) is 77.2 Å². The summed E-state index contributed by atoms with van der Waals surface area (Å²) in [7, 11) is 0. The largest absolute Gasteiger partial charge is 0.476 e. The molecule has 0 unspecified atom stereocenters. The Balaban J connectivity index is 1.98. The van der Waals surface area contributed by atoms with Crippen molar-refractivity contribution >= 4 is 5.97 Å². The Hall–Kier alpha value is -1.43. The summed E-state index contributed by atoms with van der Waals surface area (Å²) in [6, 6.07) is 0. The van der Waals surface area contributed by atoms with Gasteiger partial charge in [0.2, 0.25) is 0 Å². The molecule has 1 aromatic heterocycles.